The van der Waals surface area contributed by atoms with Crippen LogP contribution in [0.15, 0.2) is 45.9 Å². The quantitative estimate of drug-likeness (QED) is 0.611. The second kappa shape index (κ2) is 10.4. The molecule has 0 atom stereocenters. The van der Waals surface area contributed by atoms with Gasteiger partial charge >= 0.3 is 0 Å². The van der Waals surface area contributed by atoms with Crippen LogP contribution in [0.25, 0.3) is 0 Å². The summed E-state index contributed by atoms with van der Waals surface area (Å²) >= 11 is 6.11. The second-order valence-corrected chi connectivity index (χ2v) is 9.05. The summed E-state index contributed by atoms with van der Waals surface area (Å²) in [6, 6.07) is 9.86. The van der Waals surface area contributed by atoms with Crippen LogP contribution >= 0.6 is 11.6 Å². The van der Waals surface area contributed by atoms with Crippen molar-refractivity contribution < 1.29 is 17.6 Å². The number of nitrogens with zero attached hydrogens (tertiary/aromatic N) is 3. The number of hydrogen-bond donors (Lipinski definition) is 1. The lowest BCUT2D eigenvalue weighted by Gasteiger charge is -2.19. The molecule has 10 heteroatoms. The van der Waals surface area contributed by atoms with Crippen molar-refractivity contribution in [1.82, 2.24) is 9.21 Å². The molecular weight excluding hydrogens is 416 g/mol. The number of amides is 1. The van der Waals surface area contributed by atoms with Gasteiger partial charge in [-0.25, -0.2) is 12.7 Å². The summed E-state index contributed by atoms with van der Waals surface area (Å²) in [5, 5.41) is 11.7. The topological polar surface area (TPSA) is 107 Å². The lowest BCUT2D eigenvalue weighted by molar-refractivity contribution is -0.116. The van der Waals surface area contributed by atoms with Gasteiger partial charge in [0.05, 0.1) is 34.5 Å². The van der Waals surface area contributed by atoms with Gasteiger partial charge in [0, 0.05) is 40.0 Å². The van der Waals surface area contributed by atoms with Crippen LogP contribution in [0.2, 0.25) is 5.02 Å². The Morgan fingerprint density at radius 2 is 2.03 bits per heavy atom. The smallest absolute Gasteiger partial charge is 0.242 e. The van der Waals surface area contributed by atoms with Gasteiger partial charge < -0.3 is 9.73 Å². The third kappa shape index (κ3) is 6.58. The molecule has 1 aromatic carbocycles. The molecule has 1 N–H and O–H groups in total. The minimum absolute atomic E-state index is 0.0377. The van der Waals surface area contributed by atoms with Gasteiger partial charge in [-0.2, -0.15) is 5.26 Å². The predicted octanol–water partition coefficient (Wildman–Crippen LogP) is 2.93. The Hall–Kier alpha value is -2.38. The average Bonchev–Trinajstić information content (AvgIpc) is 3.18. The molecule has 1 amide bonds. The Balaban J connectivity index is 2.03. The molecule has 156 valence electrons. The van der Waals surface area contributed by atoms with Gasteiger partial charge in [0.2, 0.25) is 15.9 Å². The summed E-state index contributed by atoms with van der Waals surface area (Å²) < 4.78 is 31.0. The van der Waals surface area contributed by atoms with E-state index in [0.29, 0.717) is 26.1 Å². The van der Waals surface area contributed by atoms with Gasteiger partial charge in [0.15, 0.2) is 0 Å². The van der Waals surface area contributed by atoms with Crippen molar-refractivity contribution in [2.45, 2.75) is 24.3 Å². The van der Waals surface area contributed by atoms with Crippen LogP contribution in [0, 0.1) is 11.3 Å². The Morgan fingerprint density at radius 3 is 2.66 bits per heavy atom. The van der Waals surface area contributed by atoms with E-state index in [4.69, 9.17) is 21.3 Å². The summed E-state index contributed by atoms with van der Waals surface area (Å²) in [6.45, 7) is 1.39. The number of furan rings is 1. The van der Waals surface area contributed by atoms with Crippen LogP contribution in [0.3, 0.4) is 0 Å². The fraction of sp³-hybridized carbons (Fsp3) is 0.368. The molecule has 29 heavy (non-hydrogen) atoms. The molecule has 0 spiro atoms. The summed E-state index contributed by atoms with van der Waals surface area (Å²) in [5.41, 5.74) is 0.231. The van der Waals surface area contributed by atoms with E-state index in [9.17, 15) is 13.2 Å². The van der Waals surface area contributed by atoms with Gasteiger partial charge in [-0.1, -0.05) is 11.6 Å². The third-order valence-corrected chi connectivity index (χ3v) is 6.29. The van der Waals surface area contributed by atoms with E-state index in [1.807, 2.05) is 11.0 Å². The molecule has 0 saturated carbocycles. The van der Waals surface area contributed by atoms with Crippen molar-refractivity contribution in [3.63, 3.8) is 0 Å². The Bertz CT molecular complexity index is 969. The van der Waals surface area contributed by atoms with Crippen LogP contribution in [-0.2, 0) is 21.4 Å². The van der Waals surface area contributed by atoms with Gasteiger partial charge in [-0.15, -0.1) is 0 Å². The van der Waals surface area contributed by atoms with E-state index in [2.05, 4.69) is 11.4 Å². The summed E-state index contributed by atoms with van der Waals surface area (Å²) in [7, 11) is -0.788. The summed E-state index contributed by atoms with van der Waals surface area (Å²) in [5.74, 6) is 0.431. The van der Waals surface area contributed by atoms with Crippen LogP contribution in [0.1, 0.15) is 18.6 Å². The minimum Gasteiger partial charge on any atom is -0.468 e. The number of halogens is 1. The van der Waals surface area contributed by atoms with Crippen molar-refractivity contribution >= 4 is 33.2 Å². The van der Waals surface area contributed by atoms with Crippen molar-refractivity contribution in [3.8, 4) is 6.07 Å². The summed E-state index contributed by atoms with van der Waals surface area (Å²) in [6.07, 6.45) is 2.05. The van der Waals surface area contributed by atoms with Gasteiger partial charge in [-0.3, -0.25) is 9.69 Å². The molecular formula is C19H23ClN4O4S. The summed E-state index contributed by atoms with van der Waals surface area (Å²) in [4.78, 5) is 14.4. The van der Waals surface area contributed by atoms with E-state index in [-0.39, 0.29) is 27.9 Å². The Morgan fingerprint density at radius 1 is 1.28 bits per heavy atom. The number of carbonyl (C=O) groups excluding carboxylic acids is 1. The highest BCUT2D eigenvalue weighted by molar-refractivity contribution is 7.89. The highest BCUT2D eigenvalue weighted by Crippen LogP contribution is 2.26. The van der Waals surface area contributed by atoms with Crippen LogP contribution < -0.4 is 5.32 Å². The maximum Gasteiger partial charge on any atom is 0.242 e. The first-order valence-corrected chi connectivity index (χ1v) is 10.7. The standard InChI is InChI=1S/C19H23ClN4O4S/c1-23(2)29(26,27)16-6-7-17(20)18(13-16)22-19(25)8-11-24(10-4-9-21)14-15-5-3-12-28-15/h3,5-7,12-13H,4,8,10-11,14H2,1-2H3,(H,22,25). The molecule has 2 aromatic rings. The molecule has 0 saturated heterocycles. The molecule has 0 aliphatic carbocycles. The monoisotopic (exact) mass is 438 g/mol. The Kier molecular flexibility index (Phi) is 8.22. The Labute approximate surface area is 175 Å². The van der Waals surface area contributed by atoms with Crippen molar-refractivity contribution in [2.75, 3.05) is 32.5 Å². The van der Waals surface area contributed by atoms with Gasteiger partial charge in [-0.05, 0) is 30.3 Å². The van der Waals surface area contributed by atoms with Crippen LogP contribution in [0.4, 0.5) is 5.69 Å². The third-order valence-electron chi connectivity index (χ3n) is 4.14. The number of nitrogens with one attached hydrogen (secondary N) is 1. The highest BCUT2D eigenvalue weighted by atomic mass is 35.5. The predicted molar refractivity (Wildman–Crippen MR) is 110 cm³/mol. The molecule has 2 rings (SSSR count). The highest BCUT2D eigenvalue weighted by Gasteiger charge is 2.19. The average molecular weight is 439 g/mol. The largest absolute Gasteiger partial charge is 0.468 e. The normalized spacial score (nSPS) is 11.6. The number of rotatable bonds is 10. The molecule has 0 unspecified atom stereocenters. The van der Waals surface area contributed by atoms with Crippen LogP contribution in [0.5, 0.6) is 0 Å². The number of sulfonamides is 1. The molecule has 0 aliphatic rings. The molecule has 8 nitrogen and oxygen atoms in total. The van der Waals surface area contributed by atoms with E-state index >= 15 is 0 Å². The second-order valence-electron chi connectivity index (χ2n) is 6.49. The molecule has 0 radical (unpaired) electrons. The van der Waals surface area contributed by atoms with Crippen molar-refractivity contribution in [2.24, 2.45) is 0 Å². The number of benzene rings is 1. The van der Waals surface area contributed by atoms with E-state index in [1.54, 1.807) is 12.3 Å². The van der Waals surface area contributed by atoms with Crippen molar-refractivity contribution in [1.29, 1.82) is 5.26 Å². The number of carbonyl (C=O) groups is 1. The molecule has 0 bridgehead atoms. The van der Waals surface area contributed by atoms with E-state index in [1.165, 1.54) is 32.3 Å². The molecule has 0 aliphatic heterocycles. The first-order chi connectivity index (χ1) is 13.7. The van der Waals surface area contributed by atoms with Crippen molar-refractivity contribution in [3.05, 3.63) is 47.4 Å². The van der Waals surface area contributed by atoms with Gasteiger partial charge in [0.25, 0.3) is 0 Å². The first kappa shape index (κ1) is 22.9. The zero-order valence-electron chi connectivity index (χ0n) is 16.3. The molecule has 0 fully saturated rings. The maximum absolute atomic E-state index is 12.4. The van der Waals surface area contributed by atoms with E-state index < -0.39 is 10.0 Å². The lowest BCUT2D eigenvalue weighted by Crippen LogP contribution is -2.28. The number of hydrogen-bond acceptors (Lipinski definition) is 6. The molecule has 1 aromatic heterocycles. The van der Waals surface area contributed by atoms with Crippen LogP contribution in [-0.4, -0.2) is 50.7 Å². The minimum atomic E-state index is -3.64. The number of nitriles is 1. The lowest BCUT2D eigenvalue weighted by atomic mass is 10.2. The first-order valence-electron chi connectivity index (χ1n) is 8.87. The number of anilines is 1. The maximum atomic E-state index is 12.4. The zero-order chi connectivity index (χ0) is 21.4. The fourth-order valence-electron chi connectivity index (χ4n) is 2.54. The SMILES string of the molecule is CN(C)S(=O)(=O)c1ccc(Cl)c(NC(=O)CCN(CCC#N)Cc2ccco2)c1. The van der Waals surface area contributed by atoms with Gasteiger partial charge in [0.1, 0.15) is 5.76 Å². The fourth-order valence-corrected chi connectivity index (χ4v) is 3.64. The molecule has 1 heterocycles. The zero-order valence-corrected chi connectivity index (χ0v) is 17.8. The van der Waals surface area contributed by atoms with E-state index in [0.717, 1.165) is 10.1 Å².